The van der Waals surface area contributed by atoms with Gasteiger partial charge in [0.05, 0.1) is 0 Å². The first-order valence-electron chi connectivity index (χ1n) is 7.65. The van der Waals surface area contributed by atoms with Crippen molar-refractivity contribution in [1.29, 1.82) is 0 Å². The summed E-state index contributed by atoms with van der Waals surface area (Å²) in [6.45, 7) is 17.6. The molecule has 0 saturated carbocycles. The van der Waals surface area contributed by atoms with Gasteiger partial charge in [0.2, 0.25) is 0 Å². The lowest BCUT2D eigenvalue weighted by Crippen LogP contribution is -2.04. The van der Waals surface area contributed by atoms with Gasteiger partial charge in [-0.3, -0.25) is 0 Å². The number of rotatable bonds is 2. The fourth-order valence-corrected chi connectivity index (χ4v) is 2.92. The molecule has 2 aromatic carbocycles. The van der Waals surface area contributed by atoms with Gasteiger partial charge in [-0.05, 0) is 106 Å². The Labute approximate surface area is 129 Å². The van der Waals surface area contributed by atoms with Gasteiger partial charge in [0, 0.05) is 11.4 Å². The highest BCUT2D eigenvalue weighted by Gasteiger charge is 2.13. The zero-order valence-corrected chi connectivity index (χ0v) is 14.7. The number of benzene rings is 2. The van der Waals surface area contributed by atoms with Gasteiger partial charge in [0.1, 0.15) is 0 Å². The lowest BCUT2D eigenvalue weighted by Gasteiger charge is -2.21. The second kappa shape index (κ2) is 5.55. The fraction of sp³-hybridized carbons (Fsp3) is 0.400. The molecule has 112 valence electrons. The normalized spacial score (nSPS) is 10.9. The van der Waals surface area contributed by atoms with Crippen LogP contribution in [0.5, 0.6) is 0 Å². The maximum atomic E-state index is 3.69. The van der Waals surface area contributed by atoms with Gasteiger partial charge in [-0.25, -0.2) is 0 Å². The predicted octanol–water partition coefficient (Wildman–Crippen LogP) is 5.90. The van der Waals surface area contributed by atoms with Crippen LogP contribution in [0.3, 0.4) is 0 Å². The van der Waals surface area contributed by atoms with E-state index in [1.165, 1.54) is 55.9 Å². The highest BCUT2D eigenvalue weighted by atomic mass is 14.9. The van der Waals surface area contributed by atoms with E-state index in [1.807, 2.05) is 0 Å². The van der Waals surface area contributed by atoms with E-state index in [-0.39, 0.29) is 0 Å². The first-order valence-corrected chi connectivity index (χ1v) is 7.65. The third-order valence-corrected chi connectivity index (χ3v) is 5.10. The zero-order valence-electron chi connectivity index (χ0n) is 14.7. The molecule has 2 aromatic rings. The molecule has 1 N–H and O–H groups in total. The van der Waals surface area contributed by atoms with Gasteiger partial charge in [0.25, 0.3) is 0 Å². The van der Waals surface area contributed by atoms with Crippen LogP contribution in [0.4, 0.5) is 11.4 Å². The average molecular weight is 281 g/mol. The average Bonchev–Trinajstić information content (AvgIpc) is 2.44. The van der Waals surface area contributed by atoms with Crippen molar-refractivity contribution in [2.24, 2.45) is 0 Å². The third kappa shape index (κ3) is 2.70. The summed E-state index contributed by atoms with van der Waals surface area (Å²) in [7, 11) is 0. The van der Waals surface area contributed by atoms with Crippen LogP contribution in [0, 0.1) is 55.4 Å². The molecule has 2 rings (SSSR count). The van der Waals surface area contributed by atoms with Gasteiger partial charge in [-0.15, -0.1) is 0 Å². The van der Waals surface area contributed by atoms with Crippen molar-refractivity contribution >= 4 is 11.4 Å². The van der Waals surface area contributed by atoms with E-state index in [1.54, 1.807) is 0 Å². The van der Waals surface area contributed by atoms with E-state index in [9.17, 15) is 0 Å². The molecule has 0 bridgehead atoms. The summed E-state index contributed by atoms with van der Waals surface area (Å²) < 4.78 is 0. The van der Waals surface area contributed by atoms with E-state index in [0.29, 0.717) is 0 Å². The van der Waals surface area contributed by atoms with Crippen LogP contribution in [-0.4, -0.2) is 0 Å². The maximum Gasteiger partial charge on any atom is 0.0449 e. The Bertz CT molecular complexity index is 680. The Balaban J connectivity index is 2.58. The Morgan fingerprint density at radius 2 is 0.952 bits per heavy atom. The number of anilines is 2. The van der Waals surface area contributed by atoms with Crippen molar-refractivity contribution in [3.05, 3.63) is 56.6 Å². The molecule has 0 aliphatic carbocycles. The standard InChI is InChI=1S/C20H27N/c1-11-9-13(3)19(10-12(11)2)21-20-17(7)15(5)14(4)16(6)18(20)8/h9-10,21H,1-8H3. The molecule has 1 heteroatoms. The zero-order chi connectivity index (χ0) is 15.9. The molecule has 21 heavy (non-hydrogen) atoms. The van der Waals surface area contributed by atoms with E-state index in [2.05, 4.69) is 72.8 Å². The monoisotopic (exact) mass is 281 g/mol. The number of hydrogen-bond acceptors (Lipinski definition) is 1. The minimum absolute atomic E-state index is 1.21. The smallest absolute Gasteiger partial charge is 0.0449 e. The van der Waals surface area contributed by atoms with Crippen LogP contribution in [0.2, 0.25) is 0 Å². The van der Waals surface area contributed by atoms with Gasteiger partial charge in [0.15, 0.2) is 0 Å². The first-order chi connectivity index (χ1) is 9.73. The lowest BCUT2D eigenvalue weighted by molar-refractivity contribution is 1.17. The molecule has 0 unspecified atom stereocenters. The summed E-state index contributed by atoms with van der Waals surface area (Å²) >= 11 is 0. The van der Waals surface area contributed by atoms with E-state index in [0.717, 1.165) is 0 Å². The van der Waals surface area contributed by atoms with Crippen LogP contribution in [0.25, 0.3) is 0 Å². The molecule has 0 atom stereocenters. The molecule has 1 nitrogen and oxygen atoms in total. The van der Waals surface area contributed by atoms with Crippen LogP contribution in [0.15, 0.2) is 12.1 Å². The van der Waals surface area contributed by atoms with Gasteiger partial charge in [-0.2, -0.15) is 0 Å². The van der Waals surface area contributed by atoms with Crippen molar-refractivity contribution in [2.45, 2.75) is 55.4 Å². The topological polar surface area (TPSA) is 12.0 Å². The van der Waals surface area contributed by atoms with E-state index >= 15 is 0 Å². The fourth-order valence-electron chi connectivity index (χ4n) is 2.92. The molecule has 0 saturated heterocycles. The summed E-state index contributed by atoms with van der Waals surface area (Å²) in [6, 6.07) is 4.52. The van der Waals surface area contributed by atoms with Crippen LogP contribution >= 0.6 is 0 Å². The Hall–Kier alpha value is -1.76. The highest BCUT2D eigenvalue weighted by molar-refractivity contribution is 5.73. The van der Waals surface area contributed by atoms with Crippen LogP contribution < -0.4 is 5.32 Å². The quantitative estimate of drug-likeness (QED) is 0.723. The van der Waals surface area contributed by atoms with Gasteiger partial charge in [-0.1, -0.05) is 6.07 Å². The summed E-state index contributed by atoms with van der Waals surface area (Å²) in [6.07, 6.45) is 0. The van der Waals surface area contributed by atoms with Crippen LogP contribution in [-0.2, 0) is 0 Å². The minimum Gasteiger partial charge on any atom is -0.355 e. The van der Waals surface area contributed by atoms with Gasteiger partial charge >= 0.3 is 0 Å². The Morgan fingerprint density at radius 1 is 0.524 bits per heavy atom. The van der Waals surface area contributed by atoms with E-state index < -0.39 is 0 Å². The molecule has 0 fully saturated rings. The molecule has 0 radical (unpaired) electrons. The number of aryl methyl sites for hydroxylation is 3. The molecular formula is C20H27N. The molecule has 0 spiro atoms. The summed E-state index contributed by atoms with van der Waals surface area (Å²) in [5.74, 6) is 0. The second-order valence-corrected chi connectivity index (χ2v) is 6.38. The number of nitrogens with one attached hydrogen (secondary N) is 1. The summed E-state index contributed by atoms with van der Waals surface area (Å²) in [5.41, 5.74) is 13.4. The van der Waals surface area contributed by atoms with Crippen LogP contribution in [0.1, 0.15) is 44.5 Å². The van der Waals surface area contributed by atoms with E-state index in [4.69, 9.17) is 0 Å². The first kappa shape index (κ1) is 15.6. The third-order valence-electron chi connectivity index (χ3n) is 5.10. The Morgan fingerprint density at radius 3 is 1.48 bits per heavy atom. The second-order valence-electron chi connectivity index (χ2n) is 6.38. The van der Waals surface area contributed by atoms with Crippen molar-refractivity contribution in [3.63, 3.8) is 0 Å². The maximum absolute atomic E-state index is 3.69. The van der Waals surface area contributed by atoms with Crippen molar-refractivity contribution in [3.8, 4) is 0 Å². The SMILES string of the molecule is Cc1cc(C)c(Nc2c(C)c(C)c(C)c(C)c2C)cc1C. The molecule has 0 aliphatic heterocycles. The largest absolute Gasteiger partial charge is 0.355 e. The lowest BCUT2D eigenvalue weighted by atomic mass is 9.92. The minimum atomic E-state index is 1.21. The van der Waals surface area contributed by atoms with Gasteiger partial charge < -0.3 is 5.32 Å². The summed E-state index contributed by atoms with van der Waals surface area (Å²) in [4.78, 5) is 0. The molecular weight excluding hydrogens is 254 g/mol. The Kier molecular flexibility index (Phi) is 4.13. The summed E-state index contributed by atoms with van der Waals surface area (Å²) in [5, 5.41) is 3.69. The molecule has 0 amide bonds. The number of hydrogen-bond donors (Lipinski definition) is 1. The highest BCUT2D eigenvalue weighted by Crippen LogP contribution is 2.33. The van der Waals surface area contributed by atoms with Crippen molar-refractivity contribution in [2.75, 3.05) is 5.32 Å². The van der Waals surface area contributed by atoms with Crippen molar-refractivity contribution in [1.82, 2.24) is 0 Å². The van der Waals surface area contributed by atoms with Crippen molar-refractivity contribution < 1.29 is 0 Å². The molecule has 0 aliphatic rings. The molecule has 0 heterocycles. The predicted molar refractivity (Wildman–Crippen MR) is 94.1 cm³/mol. The molecule has 0 aromatic heterocycles.